The first-order valence-electron chi connectivity index (χ1n) is 6.19. The number of rotatable bonds is 1. The van der Waals surface area contributed by atoms with E-state index in [0.717, 1.165) is 47.6 Å². The number of thiocarbonyl (C=S) groups is 1. The molecular formula is C13H19ClN3S+. The van der Waals surface area contributed by atoms with Crippen LogP contribution < -0.4 is 10.2 Å². The fraction of sp³-hybridized carbons (Fsp3) is 0.462. The number of hydrogen-bond donors (Lipinski definition) is 2. The van der Waals surface area contributed by atoms with E-state index in [-0.39, 0.29) is 0 Å². The Hall–Kier alpha value is -0.840. The molecule has 0 amide bonds. The molecule has 0 saturated carbocycles. The first-order chi connectivity index (χ1) is 8.56. The van der Waals surface area contributed by atoms with Gasteiger partial charge in [-0.25, -0.2) is 0 Å². The number of likely N-dealkylation sites (N-methyl/N-ethyl adjacent to an activating group) is 1. The van der Waals surface area contributed by atoms with E-state index in [4.69, 9.17) is 23.8 Å². The quantitative estimate of drug-likeness (QED) is 0.756. The van der Waals surface area contributed by atoms with Crippen LogP contribution in [-0.2, 0) is 0 Å². The number of nitrogens with zero attached hydrogens (tertiary/aromatic N) is 1. The molecule has 2 rings (SSSR count). The highest BCUT2D eigenvalue weighted by molar-refractivity contribution is 7.80. The third kappa shape index (κ3) is 3.34. The van der Waals surface area contributed by atoms with E-state index >= 15 is 0 Å². The van der Waals surface area contributed by atoms with Gasteiger partial charge in [0, 0.05) is 10.7 Å². The summed E-state index contributed by atoms with van der Waals surface area (Å²) in [5.41, 5.74) is 2.15. The number of nitrogens with one attached hydrogen (secondary N) is 2. The van der Waals surface area contributed by atoms with Gasteiger partial charge in [0.15, 0.2) is 5.11 Å². The minimum atomic E-state index is 0.757. The van der Waals surface area contributed by atoms with E-state index in [1.54, 1.807) is 4.90 Å². The molecule has 5 heteroatoms. The van der Waals surface area contributed by atoms with E-state index in [1.165, 1.54) is 0 Å². The van der Waals surface area contributed by atoms with Crippen LogP contribution in [0.3, 0.4) is 0 Å². The van der Waals surface area contributed by atoms with E-state index in [1.807, 2.05) is 25.1 Å². The van der Waals surface area contributed by atoms with Gasteiger partial charge in [0.2, 0.25) is 0 Å². The highest BCUT2D eigenvalue weighted by Gasteiger charge is 2.19. The van der Waals surface area contributed by atoms with Crippen LogP contribution in [0.1, 0.15) is 5.56 Å². The average Bonchev–Trinajstić information content (AvgIpc) is 2.33. The molecule has 0 aromatic heterocycles. The fourth-order valence-corrected chi connectivity index (χ4v) is 2.57. The summed E-state index contributed by atoms with van der Waals surface area (Å²) in [6.45, 7) is 6.35. The van der Waals surface area contributed by atoms with Crippen LogP contribution in [0.4, 0.5) is 5.69 Å². The summed E-state index contributed by atoms with van der Waals surface area (Å²) in [5.74, 6) is 0. The molecule has 0 bridgehead atoms. The topological polar surface area (TPSA) is 19.7 Å². The summed E-state index contributed by atoms with van der Waals surface area (Å²) < 4.78 is 0. The van der Waals surface area contributed by atoms with Crippen LogP contribution in [0.2, 0.25) is 5.02 Å². The summed E-state index contributed by atoms with van der Waals surface area (Å²) in [4.78, 5) is 3.80. The Morgan fingerprint density at radius 1 is 1.39 bits per heavy atom. The maximum atomic E-state index is 5.94. The monoisotopic (exact) mass is 284 g/mol. The zero-order chi connectivity index (χ0) is 13.1. The molecule has 1 aromatic carbocycles. The lowest BCUT2D eigenvalue weighted by Gasteiger charge is -2.32. The molecule has 3 nitrogen and oxygen atoms in total. The largest absolute Gasteiger partial charge is 0.338 e. The highest BCUT2D eigenvalue weighted by Crippen LogP contribution is 2.19. The number of quaternary nitrogens is 1. The Kier molecular flexibility index (Phi) is 4.43. The van der Waals surface area contributed by atoms with Crippen molar-refractivity contribution in [2.75, 3.05) is 38.5 Å². The molecule has 98 valence electrons. The summed E-state index contributed by atoms with van der Waals surface area (Å²) in [7, 11) is 2.22. The predicted molar refractivity (Wildman–Crippen MR) is 80.6 cm³/mol. The zero-order valence-electron chi connectivity index (χ0n) is 10.8. The van der Waals surface area contributed by atoms with Gasteiger partial charge in [0.25, 0.3) is 0 Å². The van der Waals surface area contributed by atoms with Crippen LogP contribution in [-0.4, -0.2) is 43.2 Å². The Morgan fingerprint density at radius 2 is 2.06 bits per heavy atom. The second-order valence-electron chi connectivity index (χ2n) is 4.83. The highest BCUT2D eigenvalue weighted by atomic mass is 35.5. The van der Waals surface area contributed by atoms with Crippen molar-refractivity contribution >= 4 is 34.6 Å². The molecule has 0 aliphatic carbocycles. The van der Waals surface area contributed by atoms with Gasteiger partial charge in [-0.2, -0.15) is 0 Å². The summed E-state index contributed by atoms with van der Waals surface area (Å²) >= 11 is 11.4. The van der Waals surface area contributed by atoms with Crippen molar-refractivity contribution in [3.63, 3.8) is 0 Å². The van der Waals surface area contributed by atoms with Gasteiger partial charge in [-0.15, -0.1) is 0 Å². The smallest absolute Gasteiger partial charge is 0.173 e. The van der Waals surface area contributed by atoms with Crippen LogP contribution in [0.15, 0.2) is 18.2 Å². The Balaban J connectivity index is 1.98. The lowest BCUT2D eigenvalue weighted by Crippen LogP contribution is -3.12. The first-order valence-corrected chi connectivity index (χ1v) is 6.98. The molecule has 1 fully saturated rings. The molecule has 0 unspecified atom stereocenters. The second-order valence-corrected chi connectivity index (χ2v) is 5.66. The molecule has 1 saturated heterocycles. The molecule has 0 spiro atoms. The average molecular weight is 285 g/mol. The van der Waals surface area contributed by atoms with Gasteiger partial charge in [0.1, 0.15) is 0 Å². The number of benzene rings is 1. The summed E-state index contributed by atoms with van der Waals surface area (Å²) in [6, 6.07) is 5.81. The van der Waals surface area contributed by atoms with Gasteiger partial charge >= 0.3 is 0 Å². The summed E-state index contributed by atoms with van der Waals surface area (Å²) in [5, 5.41) is 4.88. The van der Waals surface area contributed by atoms with Crippen molar-refractivity contribution in [3.05, 3.63) is 28.8 Å². The third-order valence-electron chi connectivity index (χ3n) is 3.33. The fourth-order valence-electron chi connectivity index (χ4n) is 2.05. The minimum absolute atomic E-state index is 0.757. The number of halogens is 1. The van der Waals surface area contributed by atoms with E-state index in [0.29, 0.717) is 0 Å². The molecular weight excluding hydrogens is 266 g/mol. The van der Waals surface area contributed by atoms with Crippen molar-refractivity contribution < 1.29 is 4.90 Å². The molecule has 1 aromatic rings. The van der Waals surface area contributed by atoms with Crippen LogP contribution in [0.5, 0.6) is 0 Å². The van der Waals surface area contributed by atoms with Crippen molar-refractivity contribution in [1.29, 1.82) is 0 Å². The molecule has 18 heavy (non-hydrogen) atoms. The predicted octanol–water partition coefficient (Wildman–Crippen LogP) is 1.18. The number of piperazine rings is 1. The standard InChI is InChI=1S/C13H18ClN3S/c1-10-9-11(14)3-4-12(10)15-13(18)17-7-5-16(2)6-8-17/h3-4,9H,5-8H2,1-2H3,(H,15,18)/p+1. The molecule has 1 aliphatic heterocycles. The van der Waals surface area contributed by atoms with Gasteiger partial charge in [-0.05, 0) is 42.9 Å². The van der Waals surface area contributed by atoms with Crippen molar-refractivity contribution in [1.82, 2.24) is 4.90 Å². The molecule has 0 radical (unpaired) electrons. The Morgan fingerprint density at radius 3 is 2.67 bits per heavy atom. The first kappa shape index (κ1) is 13.6. The molecule has 1 aliphatic rings. The normalized spacial score (nSPS) is 16.7. The lowest BCUT2D eigenvalue weighted by molar-refractivity contribution is -0.883. The van der Waals surface area contributed by atoms with Crippen LogP contribution in [0.25, 0.3) is 0 Å². The minimum Gasteiger partial charge on any atom is -0.338 e. The van der Waals surface area contributed by atoms with Gasteiger partial charge < -0.3 is 15.1 Å². The van der Waals surface area contributed by atoms with Crippen LogP contribution in [0, 0.1) is 6.92 Å². The Bertz CT molecular complexity index is 442. The zero-order valence-corrected chi connectivity index (χ0v) is 12.4. The summed E-state index contributed by atoms with van der Waals surface area (Å²) in [6.07, 6.45) is 0. The maximum Gasteiger partial charge on any atom is 0.173 e. The lowest BCUT2D eigenvalue weighted by atomic mass is 10.2. The number of anilines is 1. The molecule has 2 N–H and O–H groups in total. The van der Waals surface area contributed by atoms with Crippen LogP contribution >= 0.6 is 23.8 Å². The molecule has 1 heterocycles. The third-order valence-corrected chi connectivity index (χ3v) is 3.93. The number of hydrogen-bond acceptors (Lipinski definition) is 1. The van der Waals surface area contributed by atoms with Gasteiger partial charge in [-0.1, -0.05) is 11.6 Å². The second kappa shape index (κ2) is 5.87. The number of aryl methyl sites for hydroxylation is 1. The van der Waals surface area contributed by atoms with Crippen molar-refractivity contribution in [2.24, 2.45) is 0 Å². The van der Waals surface area contributed by atoms with Gasteiger partial charge in [0.05, 0.1) is 33.2 Å². The Labute approximate surface area is 119 Å². The van der Waals surface area contributed by atoms with E-state index < -0.39 is 0 Å². The van der Waals surface area contributed by atoms with E-state index in [2.05, 4.69) is 17.3 Å². The van der Waals surface area contributed by atoms with Crippen molar-refractivity contribution in [3.8, 4) is 0 Å². The van der Waals surface area contributed by atoms with E-state index in [9.17, 15) is 0 Å². The van der Waals surface area contributed by atoms with Crippen molar-refractivity contribution in [2.45, 2.75) is 6.92 Å². The van der Waals surface area contributed by atoms with Gasteiger partial charge in [-0.3, -0.25) is 0 Å². The SMILES string of the molecule is Cc1cc(Cl)ccc1NC(=S)N1CC[NH+](C)CC1. The maximum absolute atomic E-state index is 5.94. The molecule has 0 atom stereocenters.